The van der Waals surface area contributed by atoms with Crippen molar-refractivity contribution in [1.82, 2.24) is 26.6 Å². The first-order valence-corrected chi connectivity index (χ1v) is 19.6. The fourth-order valence-electron chi connectivity index (χ4n) is 3.86. The molecule has 15 heteroatoms. The van der Waals surface area contributed by atoms with Gasteiger partial charge < -0.3 is 43.4 Å². The van der Waals surface area contributed by atoms with Crippen molar-refractivity contribution in [3.63, 3.8) is 0 Å². The minimum absolute atomic E-state index is 0. The Morgan fingerprint density at radius 3 is 1.88 bits per heavy atom. The molecule has 52 heavy (non-hydrogen) atoms. The second-order valence-corrected chi connectivity index (χ2v) is 14.9. The fraction of sp³-hybridized carbons (Fsp3) is 0.811. The summed E-state index contributed by atoms with van der Waals surface area (Å²) in [4.78, 5) is 66.2. The summed E-state index contributed by atoms with van der Waals surface area (Å²) in [5.74, 6) is -0.585. The fourth-order valence-corrected chi connectivity index (χ4v) is 4.45. The van der Waals surface area contributed by atoms with Crippen LogP contribution in [0.15, 0.2) is 0 Å². The molecule has 0 aromatic rings. The largest absolute Gasteiger partial charge is 0.480 e. The first-order chi connectivity index (χ1) is 24.0. The van der Waals surface area contributed by atoms with E-state index in [-0.39, 0.29) is 62.7 Å². The van der Waals surface area contributed by atoms with Crippen LogP contribution in [0.5, 0.6) is 0 Å². The zero-order chi connectivity index (χ0) is 40.1. The van der Waals surface area contributed by atoms with Crippen LogP contribution in [0.25, 0.3) is 0 Å². The summed E-state index contributed by atoms with van der Waals surface area (Å²) in [7, 11) is 0. The van der Waals surface area contributed by atoms with E-state index >= 15 is 0 Å². The Morgan fingerprint density at radius 1 is 0.827 bits per heavy atom. The molecule has 13 nitrogen and oxygen atoms in total. The van der Waals surface area contributed by atoms with E-state index < -0.39 is 17.9 Å². The van der Waals surface area contributed by atoms with Crippen molar-refractivity contribution in [2.75, 3.05) is 44.9 Å². The molecule has 0 aliphatic heterocycles. The van der Waals surface area contributed by atoms with Gasteiger partial charge in [-0.3, -0.25) is 24.0 Å². The molecule has 0 aliphatic carbocycles. The zero-order valence-electron chi connectivity index (χ0n) is 34.0. The summed E-state index contributed by atoms with van der Waals surface area (Å²) in [6.45, 7) is 24.2. The summed E-state index contributed by atoms with van der Waals surface area (Å²) in [5, 5.41) is 22.0. The average Bonchev–Trinajstić information content (AvgIpc) is 3.04. The van der Waals surface area contributed by atoms with Crippen molar-refractivity contribution in [1.29, 1.82) is 0 Å². The van der Waals surface area contributed by atoms with Crippen molar-refractivity contribution in [3.8, 4) is 0 Å². The van der Waals surface area contributed by atoms with Crippen molar-refractivity contribution < 1.29 is 59.7 Å². The number of carbonyl (C=O) groups excluding carboxylic acids is 5. The molecule has 2 atom stereocenters. The van der Waals surface area contributed by atoms with Crippen molar-refractivity contribution in [3.05, 3.63) is 6.92 Å². The van der Waals surface area contributed by atoms with Gasteiger partial charge in [0.15, 0.2) is 0 Å². The quantitative estimate of drug-likeness (QED) is 0.0399. The van der Waals surface area contributed by atoms with Crippen molar-refractivity contribution >= 4 is 48.3 Å². The van der Waals surface area contributed by atoms with Gasteiger partial charge in [-0.05, 0) is 50.0 Å². The molecule has 0 aliphatic rings. The van der Waals surface area contributed by atoms with E-state index in [1.54, 1.807) is 11.8 Å². The molecule has 0 saturated carbocycles. The van der Waals surface area contributed by atoms with Crippen LogP contribution in [0.1, 0.15) is 127 Å². The van der Waals surface area contributed by atoms with E-state index in [1.165, 1.54) is 12.8 Å². The number of hydrogen-bond donors (Lipinski definition) is 6. The Hall–Kier alpha value is -2.18. The van der Waals surface area contributed by atoms with E-state index in [2.05, 4.69) is 67.5 Å². The molecular weight excluding hydrogens is 858 g/mol. The Morgan fingerprint density at radius 2 is 1.38 bits per heavy atom. The van der Waals surface area contributed by atoms with E-state index in [0.717, 1.165) is 18.6 Å². The number of carboxylic acid groups (broad SMARTS) is 1. The van der Waals surface area contributed by atoms with Gasteiger partial charge in [0.05, 0.1) is 19.8 Å². The van der Waals surface area contributed by atoms with Crippen LogP contribution >= 0.6 is 11.8 Å². The second kappa shape index (κ2) is 40.0. The topological polar surface area (TPSA) is 192 Å². The number of aliphatic carboxylic acids is 1. The van der Waals surface area contributed by atoms with Gasteiger partial charge in [-0.25, -0.2) is 4.79 Å². The third-order valence-corrected chi connectivity index (χ3v) is 6.97. The third-order valence-electron chi connectivity index (χ3n) is 6.33. The molecule has 0 rings (SSSR count). The number of amides is 5. The molecule has 0 bridgehead atoms. The van der Waals surface area contributed by atoms with Gasteiger partial charge in [0.25, 0.3) is 0 Å². The Bertz CT molecular complexity index is 911. The van der Waals surface area contributed by atoms with Gasteiger partial charge >= 0.3 is 5.97 Å². The SMILES string of the molecule is CCC.CCC.CSCCC(C)NC(=O)CC(C)(C)COCC(C)(C)CNC=O.[CH2-]CCCC(=O)NCCCCC(NC(=O)CNC=O)C(=O)O.[W]. The number of ether oxygens (including phenoxy) is 1. The number of nitrogens with one attached hydrogen (secondary N) is 5. The maximum Gasteiger partial charge on any atom is 0.326 e. The van der Waals surface area contributed by atoms with Crippen molar-refractivity contribution in [2.24, 2.45) is 10.8 Å². The molecule has 0 fully saturated rings. The number of rotatable bonds is 26. The monoisotopic (exact) mass is 932 g/mol. The van der Waals surface area contributed by atoms with E-state index in [0.29, 0.717) is 71.2 Å². The maximum atomic E-state index is 12.1. The standard InChI is InChI=1S/C17H34N2O3S.C14H24N3O5.2C3H8.W/c1-14(7-8-23-6)19-15(21)9-16(2,3)11-22-12-17(4,5)10-18-13-20;1-2-3-7-12(19)16-8-5-4-6-11(14(21)22)17-13(20)9-15-10-18;2*1-3-2;/h13-14H,7-12H2,1-6H3,(H,18,20)(H,19,21);10-11H,1-9H2,(H,15,18)(H,16,19)(H,17,20)(H,21,22);2*3H2,1-2H3;/q;-1;;;. The molecule has 0 aromatic heterocycles. The Labute approximate surface area is 334 Å². The minimum atomic E-state index is -1.13. The molecule has 0 saturated heterocycles. The van der Waals surface area contributed by atoms with E-state index in [1.807, 2.05) is 34.6 Å². The molecule has 6 N–H and O–H groups in total. The number of carboxylic acids is 1. The maximum absolute atomic E-state index is 12.1. The normalized spacial score (nSPS) is 11.4. The second-order valence-electron chi connectivity index (χ2n) is 13.9. The van der Waals surface area contributed by atoms with Gasteiger partial charge in [-0.1, -0.05) is 74.7 Å². The molecule has 2 unspecified atom stereocenters. The molecule has 0 heterocycles. The van der Waals surface area contributed by atoms with Gasteiger partial charge in [0.1, 0.15) is 6.04 Å². The van der Waals surface area contributed by atoms with E-state index in [4.69, 9.17) is 9.84 Å². The predicted molar refractivity (Wildman–Crippen MR) is 209 cm³/mol. The van der Waals surface area contributed by atoms with Crippen LogP contribution in [-0.4, -0.2) is 98.6 Å². The Kier molecular flexibility index (Phi) is 45.5. The number of unbranched alkanes of at least 4 members (excludes halogenated alkanes) is 2. The van der Waals surface area contributed by atoms with Crippen LogP contribution in [0.2, 0.25) is 0 Å². The van der Waals surface area contributed by atoms with Gasteiger partial charge in [0, 0.05) is 58.5 Å². The smallest absolute Gasteiger partial charge is 0.326 e. The summed E-state index contributed by atoms with van der Waals surface area (Å²) < 4.78 is 5.79. The predicted octanol–water partition coefficient (Wildman–Crippen LogP) is 4.87. The molecular formula is C37H74N5O8SW-. The average molecular weight is 933 g/mol. The van der Waals surface area contributed by atoms with E-state index in [9.17, 15) is 28.8 Å². The first-order valence-electron chi connectivity index (χ1n) is 18.2. The first kappa shape index (κ1) is 59.1. The van der Waals surface area contributed by atoms with Crippen LogP contribution in [0.3, 0.4) is 0 Å². The zero-order valence-corrected chi connectivity index (χ0v) is 37.7. The van der Waals surface area contributed by atoms with Gasteiger partial charge in [-0.15, -0.1) is 0 Å². The number of hydrogen-bond acceptors (Lipinski definition) is 8. The van der Waals surface area contributed by atoms with Crippen LogP contribution < -0.4 is 26.6 Å². The minimum Gasteiger partial charge on any atom is -0.480 e. The summed E-state index contributed by atoms with van der Waals surface area (Å²) in [5.41, 5.74) is -0.330. The van der Waals surface area contributed by atoms with Gasteiger partial charge in [-0.2, -0.15) is 18.2 Å². The van der Waals surface area contributed by atoms with Crippen LogP contribution in [0.4, 0.5) is 0 Å². The van der Waals surface area contributed by atoms with Crippen LogP contribution in [-0.2, 0) is 54.6 Å². The Balaban J connectivity index is -0.000000241. The van der Waals surface area contributed by atoms with Crippen molar-refractivity contribution in [2.45, 2.75) is 139 Å². The summed E-state index contributed by atoms with van der Waals surface area (Å²) >= 11 is 1.79. The number of carbonyl (C=O) groups is 6. The summed E-state index contributed by atoms with van der Waals surface area (Å²) in [6, 6.07) is -0.789. The molecule has 0 aromatic carbocycles. The third kappa shape index (κ3) is 45.8. The van der Waals surface area contributed by atoms with Crippen LogP contribution in [0, 0.1) is 17.8 Å². The van der Waals surface area contributed by atoms with Gasteiger partial charge in [0.2, 0.25) is 30.5 Å². The summed E-state index contributed by atoms with van der Waals surface area (Å²) in [6.07, 6.45) is 10.4. The molecule has 0 radical (unpaired) electrons. The molecule has 5 amide bonds. The number of thioether (sulfide) groups is 1. The molecule has 0 spiro atoms. The molecule has 308 valence electrons.